The van der Waals surface area contributed by atoms with Crippen molar-refractivity contribution in [3.05, 3.63) is 102 Å². The van der Waals surface area contributed by atoms with Crippen molar-refractivity contribution in [1.29, 1.82) is 0 Å². The quantitative estimate of drug-likeness (QED) is 0.147. The normalized spacial score (nSPS) is 20.1. The Hall–Kier alpha value is -2.42. The second kappa shape index (κ2) is 6.63. The first kappa shape index (κ1) is 24.2. The summed E-state index contributed by atoms with van der Waals surface area (Å²) in [5, 5.41) is 6.01. The molecule has 0 saturated heterocycles. The lowest BCUT2D eigenvalue weighted by Crippen LogP contribution is -2.35. The first-order chi connectivity index (χ1) is 18.7. The molecule has 0 fully saturated rings. The van der Waals surface area contributed by atoms with E-state index >= 15 is 0 Å². The van der Waals surface area contributed by atoms with E-state index in [1.807, 2.05) is 0 Å². The maximum Gasteiger partial charge on any atom is 0.0181 e. The van der Waals surface area contributed by atoms with Gasteiger partial charge in [0.05, 0.1) is 0 Å². The van der Waals surface area contributed by atoms with Crippen LogP contribution in [0.3, 0.4) is 0 Å². The number of hydrogen-bond donors (Lipinski definition) is 0. The molecule has 9 rings (SSSR count). The standard InChI is InChI=1S/C38H32Br2/c1-35(2)19-9-10-20-30-29(19)33-27-23(35)13-17(39)14-24(27)36(3,4)21-11-12-22-32(31(21)33)34(30)28-25(37(20,5)6)15-18(40)16-26(28)38(22,7)8/h9-16H,1-8H3. The van der Waals surface area contributed by atoms with Gasteiger partial charge in [0.1, 0.15) is 0 Å². The topological polar surface area (TPSA) is 0 Å². The van der Waals surface area contributed by atoms with Gasteiger partial charge in [-0.3, -0.25) is 0 Å². The van der Waals surface area contributed by atoms with Gasteiger partial charge in [-0.25, -0.2) is 0 Å². The van der Waals surface area contributed by atoms with E-state index in [9.17, 15) is 0 Å². The fraction of sp³-hybridized carbons (Fsp3) is 0.316. The highest BCUT2D eigenvalue weighted by atomic mass is 79.9. The van der Waals surface area contributed by atoms with Gasteiger partial charge in [0.25, 0.3) is 0 Å². The Balaban J connectivity index is 1.70. The van der Waals surface area contributed by atoms with Crippen LogP contribution in [0.4, 0.5) is 0 Å². The van der Waals surface area contributed by atoms with Gasteiger partial charge in [-0.2, -0.15) is 0 Å². The molecule has 4 aliphatic rings. The molecule has 0 bridgehead atoms. The molecule has 0 radical (unpaired) electrons. The predicted octanol–water partition coefficient (Wildman–Crippen LogP) is 11.4. The highest BCUT2D eigenvalue weighted by Gasteiger charge is 2.49. The fourth-order valence-corrected chi connectivity index (χ4v) is 10.3. The van der Waals surface area contributed by atoms with Crippen LogP contribution in [0.2, 0.25) is 0 Å². The first-order valence-electron chi connectivity index (χ1n) is 14.5. The summed E-state index contributed by atoms with van der Waals surface area (Å²) in [4.78, 5) is 0. The van der Waals surface area contributed by atoms with Crippen molar-refractivity contribution in [2.75, 3.05) is 0 Å². The zero-order valence-corrected chi connectivity index (χ0v) is 27.5. The van der Waals surface area contributed by atoms with Crippen molar-refractivity contribution in [1.82, 2.24) is 0 Å². The van der Waals surface area contributed by atoms with Gasteiger partial charge < -0.3 is 0 Å². The molecule has 0 spiro atoms. The number of benzene rings is 5. The van der Waals surface area contributed by atoms with Crippen LogP contribution in [0.1, 0.15) is 99.9 Å². The van der Waals surface area contributed by atoms with E-state index in [0.29, 0.717) is 0 Å². The lowest BCUT2D eigenvalue weighted by Gasteiger charge is -2.49. The minimum atomic E-state index is -0.105. The number of rotatable bonds is 0. The lowest BCUT2D eigenvalue weighted by atomic mass is 9.54. The average Bonchev–Trinajstić information content (AvgIpc) is 2.87. The Kier molecular flexibility index (Phi) is 4.01. The Morgan fingerprint density at radius 2 is 0.575 bits per heavy atom. The number of halogens is 2. The molecule has 0 nitrogen and oxygen atoms in total. The van der Waals surface area contributed by atoms with Crippen LogP contribution >= 0.6 is 31.9 Å². The monoisotopic (exact) mass is 646 g/mol. The summed E-state index contributed by atoms with van der Waals surface area (Å²) in [6.07, 6.45) is 0. The molecule has 5 aromatic rings. The zero-order valence-electron chi connectivity index (χ0n) is 24.4. The van der Waals surface area contributed by atoms with E-state index in [0.717, 1.165) is 0 Å². The smallest absolute Gasteiger partial charge is 0.0181 e. The van der Waals surface area contributed by atoms with Crippen LogP contribution in [-0.2, 0) is 21.7 Å². The molecule has 5 aromatic carbocycles. The Morgan fingerprint density at radius 3 is 0.800 bits per heavy atom. The molecule has 0 amide bonds. The maximum atomic E-state index is 3.93. The van der Waals surface area contributed by atoms with Gasteiger partial charge in [0.2, 0.25) is 0 Å². The minimum absolute atomic E-state index is 0.105. The van der Waals surface area contributed by atoms with Crippen LogP contribution in [0.25, 0.3) is 43.8 Å². The molecule has 0 unspecified atom stereocenters. The van der Waals surface area contributed by atoms with Gasteiger partial charge in [0, 0.05) is 30.6 Å². The Bertz CT molecular complexity index is 1830. The van der Waals surface area contributed by atoms with Crippen LogP contribution in [0.15, 0.2) is 57.5 Å². The fourth-order valence-electron chi connectivity index (χ4n) is 9.38. The highest BCUT2D eigenvalue weighted by molar-refractivity contribution is 9.10. The third kappa shape index (κ3) is 2.31. The minimum Gasteiger partial charge on any atom is -0.0572 e. The van der Waals surface area contributed by atoms with E-state index < -0.39 is 0 Å². The molecule has 0 saturated carbocycles. The summed E-state index contributed by atoms with van der Waals surface area (Å²) in [5.41, 5.74) is 17.2. The Morgan fingerprint density at radius 1 is 0.350 bits per heavy atom. The molecule has 198 valence electrons. The largest absolute Gasteiger partial charge is 0.0572 e. The molecular formula is C38H32Br2. The predicted molar refractivity (Wildman–Crippen MR) is 176 cm³/mol. The summed E-state index contributed by atoms with van der Waals surface area (Å²) in [6.45, 7) is 19.5. The van der Waals surface area contributed by atoms with Gasteiger partial charge >= 0.3 is 0 Å². The van der Waals surface area contributed by atoms with E-state index in [1.54, 1.807) is 0 Å². The van der Waals surface area contributed by atoms with E-state index in [4.69, 9.17) is 0 Å². The molecule has 0 atom stereocenters. The van der Waals surface area contributed by atoms with Crippen LogP contribution < -0.4 is 0 Å². The number of hydrogen-bond acceptors (Lipinski definition) is 0. The van der Waals surface area contributed by atoms with Crippen LogP contribution in [-0.4, -0.2) is 0 Å². The summed E-state index contributed by atoms with van der Waals surface area (Å²) in [6, 6.07) is 19.5. The van der Waals surface area contributed by atoms with E-state index in [-0.39, 0.29) is 21.7 Å². The van der Waals surface area contributed by atoms with Crippen molar-refractivity contribution in [2.24, 2.45) is 0 Å². The van der Waals surface area contributed by atoms with Gasteiger partial charge in [0.15, 0.2) is 0 Å². The summed E-state index contributed by atoms with van der Waals surface area (Å²) < 4.78 is 2.36. The molecule has 40 heavy (non-hydrogen) atoms. The van der Waals surface area contributed by atoms with Gasteiger partial charge in [-0.05, 0) is 113 Å². The van der Waals surface area contributed by atoms with E-state index in [2.05, 4.69) is 136 Å². The average molecular weight is 648 g/mol. The van der Waals surface area contributed by atoms with Crippen LogP contribution in [0, 0.1) is 0 Å². The zero-order chi connectivity index (χ0) is 28.0. The van der Waals surface area contributed by atoms with E-state index in [1.165, 1.54) is 97.3 Å². The van der Waals surface area contributed by atoms with Crippen molar-refractivity contribution < 1.29 is 0 Å². The molecule has 0 aromatic heterocycles. The molecule has 0 heterocycles. The third-order valence-corrected chi connectivity index (χ3v) is 12.4. The molecular weight excluding hydrogens is 616 g/mol. The summed E-state index contributed by atoms with van der Waals surface area (Å²) in [5.74, 6) is 0. The lowest BCUT2D eigenvalue weighted by molar-refractivity contribution is 0.605. The molecule has 0 N–H and O–H groups in total. The summed E-state index contributed by atoms with van der Waals surface area (Å²) in [7, 11) is 0. The second-order valence-electron chi connectivity index (χ2n) is 14.8. The summed E-state index contributed by atoms with van der Waals surface area (Å²) >= 11 is 7.86. The SMILES string of the molecule is CC1(C)c2cc(Br)cc3c2-c2c4c1ccc1c4c4c5c(ccc(c25)C3(C)C)C(C)(C)c2cc(Br)cc(c2-4)C1(C)C. The first-order valence-corrected chi connectivity index (χ1v) is 16.1. The van der Waals surface area contributed by atoms with Gasteiger partial charge in [-0.15, -0.1) is 0 Å². The maximum absolute atomic E-state index is 3.93. The highest BCUT2D eigenvalue weighted by Crippen LogP contribution is 2.66. The van der Waals surface area contributed by atoms with Crippen molar-refractivity contribution in [2.45, 2.75) is 77.0 Å². The second-order valence-corrected chi connectivity index (χ2v) is 16.7. The molecule has 4 aliphatic carbocycles. The Labute approximate surface area is 253 Å². The van der Waals surface area contributed by atoms with Gasteiger partial charge in [-0.1, -0.05) is 112 Å². The molecule has 2 heteroatoms. The van der Waals surface area contributed by atoms with Crippen molar-refractivity contribution in [3.63, 3.8) is 0 Å². The van der Waals surface area contributed by atoms with Crippen LogP contribution in [0.5, 0.6) is 0 Å². The molecule has 0 aliphatic heterocycles. The van der Waals surface area contributed by atoms with Crippen molar-refractivity contribution in [3.8, 4) is 22.3 Å². The third-order valence-electron chi connectivity index (χ3n) is 11.5. The van der Waals surface area contributed by atoms with Crippen molar-refractivity contribution >= 4 is 53.4 Å².